The Kier molecular flexibility index (Phi) is 13.9. The van der Waals surface area contributed by atoms with Gasteiger partial charge in [0.15, 0.2) is 5.75 Å². The first-order valence-electron chi connectivity index (χ1n) is 15.3. The van der Waals surface area contributed by atoms with Gasteiger partial charge in [-0.05, 0) is 70.4 Å². The van der Waals surface area contributed by atoms with Gasteiger partial charge < -0.3 is 18.6 Å². The highest BCUT2D eigenvalue weighted by Gasteiger charge is 2.24. The Labute approximate surface area is 250 Å². The molecule has 1 heterocycles. The number of benzene rings is 2. The minimum Gasteiger partial charge on any atom is -0.493 e. The predicted octanol–water partition coefficient (Wildman–Crippen LogP) is 9.60. The fourth-order valence-electron chi connectivity index (χ4n) is 4.62. The lowest BCUT2D eigenvalue weighted by atomic mass is 10.1. The summed E-state index contributed by atoms with van der Waals surface area (Å²) in [7, 11) is 0. The number of hydrogen-bond donors (Lipinski definition) is 0. The van der Waals surface area contributed by atoms with E-state index in [4.69, 9.17) is 18.6 Å². The van der Waals surface area contributed by atoms with Crippen LogP contribution >= 0.6 is 0 Å². The molecule has 0 N–H and O–H groups in total. The molecule has 0 radical (unpaired) electrons. The smallest absolute Gasteiger partial charge is 0.383 e. The molecule has 0 aliphatic carbocycles. The first-order chi connectivity index (χ1) is 20.4. The Hall–Kier alpha value is -3.80. The van der Waals surface area contributed by atoms with Gasteiger partial charge in [-0.1, -0.05) is 93.4 Å². The molecule has 3 aromatic rings. The number of allylic oxidation sites excluding steroid dienone is 3. The van der Waals surface area contributed by atoms with Crippen LogP contribution < -0.4 is 19.8 Å². The maximum atomic E-state index is 13.1. The Bertz CT molecular complexity index is 1380. The van der Waals surface area contributed by atoms with E-state index in [9.17, 15) is 9.59 Å². The number of rotatable bonds is 18. The molecule has 0 aliphatic heterocycles. The van der Waals surface area contributed by atoms with Crippen LogP contribution in [-0.4, -0.2) is 19.2 Å². The van der Waals surface area contributed by atoms with Crippen LogP contribution in [0.25, 0.3) is 11.0 Å². The van der Waals surface area contributed by atoms with Crippen LogP contribution in [0.3, 0.4) is 0 Å². The maximum Gasteiger partial charge on any atom is 0.383 e. The van der Waals surface area contributed by atoms with Gasteiger partial charge in [-0.3, -0.25) is 0 Å². The van der Waals surface area contributed by atoms with Gasteiger partial charge in [-0.25, -0.2) is 9.59 Å². The van der Waals surface area contributed by atoms with Crippen LogP contribution in [0.15, 0.2) is 81.0 Å². The van der Waals surface area contributed by atoms with Crippen molar-refractivity contribution in [1.29, 1.82) is 0 Å². The molecule has 6 nitrogen and oxygen atoms in total. The molecule has 0 bridgehead atoms. The van der Waals surface area contributed by atoms with Crippen LogP contribution in [0.5, 0.6) is 17.2 Å². The van der Waals surface area contributed by atoms with Crippen molar-refractivity contribution in [1.82, 2.24) is 0 Å². The molecule has 2 aromatic carbocycles. The Morgan fingerprint density at radius 1 is 0.810 bits per heavy atom. The SMILES string of the molecule is CCCCCCCCCCOc1cccc2oc(=O)c(OC/C=C(\C)CCC=C(C)C)c(OC(=O)c3ccccc3)c12. The Balaban J connectivity index is 1.83. The van der Waals surface area contributed by atoms with E-state index in [1.54, 1.807) is 42.5 Å². The highest BCUT2D eigenvalue weighted by Crippen LogP contribution is 2.39. The molecule has 42 heavy (non-hydrogen) atoms. The number of carbonyl (C=O) groups is 1. The molecule has 6 heteroatoms. The van der Waals surface area contributed by atoms with E-state index in [2.05, 4.69) is 26.8 Å². The number of hydrogen-bond acceptors (Lipinski definition) is 6. The van der Waals surface area contributed by atoms with E-state index in [1.165, 1.54) is 44.1 Å². The van der Waals surface area contributed by atoms with Crippen LogP contribution in [0.1, 0.15) is 102 Å². The lowest BCUT2D eigenvalue weighted by molar-refractivity contribution is 0.0730. The average Bonchev–Trinajstić information content (AvgIpc) is 2.97. The zero-order valence-electron chi connectivity index (χ0n) is 25.7. The number of ether oxygens (including phenoxy) is 3. The van der Waals surface area contributed by atoms with Gasteiger partial charge in [0.25, 0.3) is 0 Å². The zero-order valence-corrected chi connectivity index (χ0v) is 25.7. The lowest BCUT2D eigenvalue weighted by Crippen LogP contribution is -2.15. The van der Waals surface area contributed by atoms with Crippen LogP contribution in [0.2, 0.25) is 0 Å². The average molecular weight is 575 g/mol. The Morgan fingerprint density at radius 2 is 1.52 bits per heavy atom. The standard InChI is InChI=1S/C36H46O6/c1-5-6-7-8-9-10-11-15-25-39-30-22-17-23-31-32(30)33(42-35(37)29-20-13-12-14-21-29)34(36(38)41-31)40-26-24-28(4)19-16-18-27(2)3/h12-14,17-18,20-24H,5-11,15-16,19,25-26H2,1-4H3/b28-24+. The third kappa shape index (κ3) is 10.6. The van der Waals surface area contributed by atoms with Crippen molar-refractivity contribution in [3.05, 3.63) is 87.8 Å². The second-order valence-electron chi connectivity index (χ2n) is 10.9. The summed E-state index contributed by atoms with van der Waals surface area (Å²) in [5, 5.41) is 0.403. The molecule has 0 saturated carbocycles. The first kappa shape index (κ1) is 32.7. The summed E-state index contributed by atoms with van der Waals surface area (Å²) >= 11 is 0. The Morgan fingerprint density at radius 3 is 2.24 bits per heavy atom. The quantitative estimate of drug-likeness (QED) is 0.0652. The molecule has 226 valence electrons. The molecule has 1 aromatic heterocycles. The maximum absolute atomic E-state index is 13.1. The summed E-state index contributed by atoms with van der Waals surface area (Å²) in [6, 6.07) is 13.9. The normalized spacial score (nSPS) is 11.4. The summed E-state index contributed by atoms with van der Waals surface area (Å²) in [6.45, 7) is 9.04. The fraction of sp³-hybridized carbons (Fsp3) is 0.444. The predicted molar refractivity (Wildman–Crippen MR) is 170 cm³/mol. The molecule has 0 amide bonds. The van der Waals surface area contributed by atoms with E-state index in [0.717, 1.165) is 31.3 Å². The highest BCUT2D eigenvalue weighted by molar-refractivity contribution is 5.97. The van der Waals surface area contributed by atoms with Crippen molar-refractivity contribution in [3.63, 3.8) is 0 Å². The van der Waals surface area contributed by atoms with E-state index < -0.39 is 11.6 Å². The number of carbonyl (C=O) groups excluding carboxylic acids is 1. The van der Waals surface area contributed by atoms with Gasteiger partial charge in [0.1, 0.15) is 23.3 Å². The second kappa shape index (κ2) is 17.9. The van der Waals surface area contributed by atoms with Gasteiger partial charge in [0, 0.05) is 0 Å². The van der Waals surface area contributed by atoms with Crippen molar-refractivity contribution >= 4 is 16.9 Å². The van der Waals surface area contributed by atoms with Gasteiger partial charge in [-0.15, -0.1) is 0 Å². The van der Waals surface area contributed by atoms with Gasteiger partial charge in [0.05, 0.1) is 12.2 Å². The minimum absolute atomic E-state index is 0.0113. The van der Waals surface area contributed by atoms with E-state index in [-0.39, 0.29) is 23.7 Å². The highest BCUT2D eigenvalue weighted by atomic mass is 16.6. The van der Waals surface area contributed by atoms with E-state index >= 15 is 0 Å². The molecule has 0 unspecified atom stereocenters. The van der Waals surface area contributed by atoms with Gasteiger partial charge >= 0.3 is 11.6 Å². The van der Waals surface area contributed by atoms with Crippen LogP contribution in [-0.2, 0) is 0 Å². The zero-order chi connectivity index (χ0) is 30.2. The van der Waals surface area contributed by atoms with E-state index in [0.29, 0.717) is 23.3 Å². The summed E-state index contributed by atoms with van der Waals surface area (Å²) in [4.78, 5) is 26.2. The topological polar surface area (TPSA) is 75.0 Å². The van der Waals surface area contributed by atoms with Crippen molar-refractivity contribution < 1.29 is 23.4 Å². The largest absolute Gasteiger partial charge is 0.493 e. The minimum atomic E-state index is -0.714. The molecule has 3 rings (SSSR count). The summed E-state index contributed by atoms with van der Waals surface area (Å²) in [6.07, 6.45) is 15.5. The lowest BCUT2D eigenvalue weighted by Gasteiger charge is -2.15. The molecular formula is C36H46O6. The summed E-state index contributed by atoms with van der Waals surface area (Å²) in [5.74, 6) is -0.257. The molecule has 0 atom stereocenters. The number of esters is 1. The number of fused-ring (bicyclic) bond motifs is 1. The molecule has 0 fully saturated rings. The fourth-order valence-corrected chi connectivity index (χ4v) is 4.62. The van der Waals surface area contributed by atoms with E-state index in [1.807, 2.05) is 19.1 Å². The molecular weight excluding hydrogens is 528 g/mol. The first-order valence-corrected chi connectivity index (χ1v) is 15.3. The van der Waals surface area contributed by atoms with Crippen molar-refractivity contribution in [3.8, 4) is 17.2 Å². The van der Waals surface area contributed by atoms with Crippen molar-refractivity contribution in [2.24, 2.45) is 0 Å². The molecule has 0 aliphatic rings. The molecule has 0 spiro atoms. The van der Waals surface area contributed by atoms with Crippen molar-refractivity contribution in [2.75, 3.05) is 13.2 Å². The van der Waals surface area contributed by atoms with Crippen LogP contribution in [0, 0.1) is 0 Å². The van der Waals surface area contributed by atoms with Crippen LogP contribution in [0.4, 0.5) is 0 Å². The second-order valence-corrected chi connectivity index (χ2v) is 10.9. The van der Waals surface area contributed by atoms with Gasteiger partial charge in [0.2, 0.25) is 5.75 Å². The van der Waals surface area contributed by atoms with Crippen molar-refractivity contribution in [2.45, 2.75) is 91.9 Å². The number of unbranched alkanes of at least 4 members (excludes halogenated alkanes) is 7. The third-order valence-electron chi connectivity index (χ3n) is 7.02. The summed E-state index contributed by atoms with van der Waals surface area (Å²) < 4.78 is 23.6. The monoisotopic (exact) mass is 574 g/mol. The summed E-state index contributed by atoms with van der Waals surface area (Å²) in [5.41, 5.74) is 2.32. The molecule has 0 saturated heterocycles. The van der Waals surface area contributed by atoms with Gasteiger partial charge in [-0.2, -0.15) is 0 Å². The third-order valence-corrected chi connectivity index (χ3v) is 7.02.